The molecule has 0 radical (unpaired) electrons. The van der Waals surface area contributed by atoms with Gasteiger partial charge in [0, 0.05) is 18.8 Å². The van der Waals surface area contributed by atoms with Gasteiger partial charge >= 0.3 is 6.03 Å². The first-order valence-electron chi connectivity index (χ1n) is 7.90. The van der Waals surface area contributed by atoms with Crippen molar-refractivity contribution in [1.29, 1.82) is 0 Å². The number of benzene rings is 1. The van der Waals surface area contributed by atoms with Gasteiger partial charge in [0.2, 0.25) is 5.88 Å². The Morgan fingerprint density at radius 1 is 1.16 bits per heavy atom. The number of nitrogens with zero attached hydrogens (tertiary/aromatic N) is 2. The minimum Gasteiger partial charge on any atom is -0.467 e. The molecule has 3 aromatic rings. The average Bonchev–Trinajstić information content (AvgIpc) is 3.16. The highest BCUT2D eigenvalue weighted by Gasteiger charge is 2.13. The number of nitrogens with one attached hydrogen (secondary N) is 1. The Morgan fingerprint density at radius 3 is 2.76 bits per heavy atom. The van der Waals surface area contributed by atoms with Gasteiger partial charge in [-0.3, -0.25) is 0 Å². The van der Waals surface area contributed by atoms with Gasteiger partial charge in [0.25, 0.3) is 0 Å². The first-order valence-corrected chi connectivity index (χ1v) is 7.90. The highest BCUT2D eigenvalue weighted by molar-refractivity contribution is 5.73. The number of ether oxygens (including phenoxy) is 1. The number of para-hydroxylation sites is 1. The van der Waals surface area contributed by atoms with Crippen molar-refractivity contribution >= 4 is 6.03 Å². The van der Waals surface area contributed by atoms with Crippen LogP contribution in [0.3, 0.4) is 0 Å². The van der Waals surface area contributed by atoms with E-state index in [2.05, 4.69) is 10.3 Å². The largest absolute Gasteiger partial charge is 0.467 e. The highest BCUT2D eigenvalue weighted by Crippen LogP contribution is 2.23. The number of rotatable bonds is 6. The van der Waals surface area contributed by atoms with Crippen molar-refractivity contribution in [2.75, 3.05) is 7.05 Å². The van der Waals surface area contributed by atoms with Crippen LogP contribution in [0.5, 0.6) is 11.6 Å². The Hall–Kier alpha value is -3.28. The van der Waals surface area contributed by atoms with E-state index in [4.69, 9.17) is 9.15 Å². The second kappa shape index (κ2) is 8.01. The molecule has 1 aromatic carbocycles. The van der Waals surface area contributed by atoms with Crippen molar-refractivity contribution < 1.29 is 13.9 Å². The van der Waals surface area contributed by atoms with Crippen LogP contribution in [0.15, 0.2) is 71.5 Å². The smallest absolute Gasteiger partial charge is 0.317 e. The second-order valence-corrected chi connectivity index (χ2v) is 5.48. The predicted molar refractivity (Wildman–Crippen MR) is 93.2 cm³/mol. The van der Waals surface area contributed by atoms with Crippen LogP contribution in [0.25, 0.3) is 0 Å². The third kappa shape index (κ3) is 4.60. The first kappa shape index (κ1) is 16.6. The van der Waals surface area contributed by atoms with Gasteiger partial charge in [-0.05, 0) is 30.3 Å². The van der Waals surface area contributed by atoms with E-state index in [0.29, 0.717) is 30.5 Å². The predicted octanol–water partition coefficient (Wildman–Crippen LogP) is 3.81. The number of hydrogen-bond donors (Lipinski definition) is 1. The summed E-state index contributed by atoms with van der Waals surface area (Å²) in [5.74, 6) is 1.89. The van der Waals surface area contributed by atoms with E-state index in [1.165, 1.54) is 0 Å². The molecule has 2 heterocycles. The summed E-state index contributed by atoms with van der Waals surface area (Å²) in [4.78, 5) is 18.1. The molecule has 6 nitrogen and oxygen atoms in total. The molecule has 25 heavy (non-hydrogen) atoms. The summed E-state index contributed by atoms with van der Waals surface area (Å²) in [6, 6.07) is 16.5. The van der Waals surface area contributed by atoms with Crippen LogP contribution in [0.1, 0.15) is 11.3 Å². The molecule has 0 fully saturated rings. The molecule has 1 N–H and O–H groups in total. The zero-order valence-corrected chi connectivity index (χ0v) is 13.9. The van der Waals surface area contributed by atoms with Gasteiger partial charge in [-0.15, -0.1) is 0 Å². The normalized spacial score (nSPS) is 10.3. The lowest BCUT2D eigenvalue weighted by Gasteiger charge is -2.19. The summed E-state index contributed by atoms with van der Waals surface area (Å²) in [6.45, 7) is 0.719. The summed E-state index contributed by atoms with van der Waals surface area (Å²) >= 11 is 0. The summed E-state index contributed by atoms with van der Waals surface area (Å²) in [6.07, 6.45) is 3.24. The Labute approximate surface area is 146 Å². The fourth-order valence-electron chi connectivity index (χ4n) is 2.27. The molecule has 6 heteroatoms. The Balaban J connectivity index is 1.62. The zero-order chi connectivity index (χ0) is 17.5. The van der Waals surface area contributed by atoms with Gasteiger partial charge in [-0.1, -0.05) is 24.3 Å². The number of aromatic nitrogens is 1. The van der Waals surface area contributed by atoms with Crippen LogP contribution >= 0.6 is 0 Å². The van der Waals surface area contributed by atoms with E-state index in [1.807, 2.05) is 48.5 Å². The molecule has 0 saturated carbocycles. The third-order valence-corrected chi connectivity index (χ3v) is 3.56. The van der Waals surface area contributed by atoms with Crippen LogP contribution in [-0.2, 0) is 13.1 Å². The van der Waals surface area contributed by atoms with Crippen molar-refractivity contribution in [3.05, 3.63) is 78.4 Å². The SMILES string of the molecule is CN(Cc1cccnc1Oc1ccccc1)C(=O)NCc1ccco1. The van der Waals surface area contributed by atoms with Gasteiger partial charge in [-0.25, -0.2) is 9.78 Å². The van der Waals surface area contributed by atoms with E-state index < -0.39 is 0 Å². The molecule has 2 amide bonds. The maximum Gasteiger partial charge on any atom is 0.317 e. The number of carbonyl (C=O) groups is 1. The molecule has 0 atom stereocenters. The van der Waals surface area contributed by atoms with Crippen molar-refractivity contribution in [2.45, 2.75) is 13.1 Å². The molecule has 3 rings (SSSR count). The van der Waals surface area contributed by atoms with Gasteiger partial charge in [0.15, 0.2) is 0 Å². The van der Waals surface area contributed by atoms with Gasteiger partial charge < -0.3 is 19.4 Å². The Kier molecular flexibility index (Phi) is 5.31. The van der Waals surface area contributed by atoms with Crippen molar-refractivity contribution in [3.8, 4) is 11.6 Å². The third-order valence-electron chi connectivity index (χ3n) is 3.56. The minimum atomic E-state index is -0.203. The monoisotopic (exact) mass is 337 g/mol. The zero-order valence-electron chi connectivity index (χ0n) is 13.9. The van der Waals surface area contributed by atoms with Crippen molar-refractivity contribution in [3.63, 3.8) is 0 Å². The van der Waals surface area contributed by atoms with E-state index in [9.17, 15) is 4.79 Å². The number of carbonyl (C=O) groups excluding carboxylic acids is 1. The number of amides is 2. The molecule has 0 unspecified atom stereocenters. The molecule has 2 aromatic heterocycles. The van der Waals surface area contributed by atoms with Gasteiger partial charge in [0.1, 0.15) is 11.5 Å². The highest BCUT2D eigenvalue weighted by atomic mass is 16.5. The number of pyridine rings is 1. The Morgan fingerprint density at radius 2 is 2.00 bits per heavy atom. The minimum absolute atomic E-state index is 0.203. The van der Waals surface area contributed by atoms with E-state index >= 15 is 0 Å². The van der Waals surface area contributed by atoms with E-state index in [1.54, 1.807) is 30.5 Å². The topological polar surface area (TPSA) is 67.6 Å². The maximum atomic E-state index is 12.2. The standard InChI is InChI=1S/C19H19N3O3/c1-22(19(23)21-13-17-10-6-12-24-17)14-15-7-5-11-20-18(15)25-16-8-3-2-4-9-16/h2-12H,13-14H2,1H3,(H,21,23). The summed E-state index contributed by atoms with van der Waals surface area (Å²) in [7, 11) is 1.72. The van der Waals surface area contributed by atoms with Crippen molar-refractivity contribution in [1.82, 2.24) is 15.2 Å². The number of urea groups is 1. The summed E-state index contributed by atoms with van der Waals surface area (Å²) < 4.78 is 11.0. The van der Waals surface area contributed by atoms with E-state index in [0.717, 1.165) is 5.56 Å². The molecule has 0 spiro atoms. The van der Waals surface area contributed by atoms with Crippen LogP contribution < -0.4 is 10.1 Å². The molecule has 0 bridgehead atoms. The fourth-order valence-corrected chi connectivity index (χ4v) is 2.27. The maximum absolute atomic E-state index is 12.2. The molecular weight excluding hydrogens is 318 g/mol. The number of hydrogen-bond acceptors (Lipinski definition) is 4. The van der Waals surface area contributed by atoms with Crippen molar-refractivity contribution in [2.24, 2.45) is 0 Å². The van der Waals surface area contributed by atoms with Crippen LogP contribution in [0.4, 0.5) is 4.79 Å². The van der Waals surface area contributed by atoms with Crippen LogP contribution in [0, 0.1) is 0 Å². The quantitative estimate of drug-likeness (QED) is 0.743. The lowest BCUT2D eigenvalue weighted by molar-refractivity contribution is 0.205. The molecule has 0 aliphatic carbocycles. The Bertz CT molecular complexity index is 804. The first-order chi connectivity index (χ1) is 12.2. The molecule has 0 aliphatic heterocycles. The van der Waals surface area contributed by atoms with Crippen LogP contribution in [0.2, 0.25) is 0 Å². The fraction of sp³-hybridized carbons (Fsp3) is 0.158. The molecule has 128 valence electrons. The van der Waals surface area contributed by atoms with Crippen LogP contribution in [-0.4, -0.2) is 23.0 Å². The molecular formula is C19H19N3O3. The van der Waals surface area contributed by atoms with E-state index in [-0.39, 0.29) is 6.03 Å². The summed E-state index contributed by atoms with van der Waals surface area (Å²) in [5, 5.41) is 2.81. The number of furan rings is 1. The average molecular weight is 337 g/mol. The lowest BCUT2D eigenvalue weighted by atomic mass is 10.2. The lowest BCUT2D eigenvalue weighted by Crippen LogP contribution is -2.36. The molecule has 0 saturated heterocycles. The summed E-state index contributed by atoms with van der Waals surface area (Å²) in [5.41, 5.74) is 0.821. The molecule has 0 aliphatic rings. The second-order valence-electron chi connectivity index (χ2n) is 5.48. The van der Waals surface area contributed by atoms with Gasteiger partial charge in [0.05, 0.1) is 19.4 Å². The van der Waals surface area contributed by atoms with Gasteiger partial charge in [-0.2, -0.15) is 0 Å².